The predicted molar refractivity (Wildman–Crippen MR) is 83.2 cm³/mol. The van der Waals surface area contributed by atoms with Crippen molar-refractivity contribution in [2.45, 2.75) is 24.9 Å². The fourth-order valence-electron chi connectivity index (χ4n) is 2.33. The maximum Gasteiger partial charge on any atom is 0.505 e. The molecule has 128 valence electrons. The normalized spacial score (nSPS) is 16.0. The molecule has 0 spiro atoms. The van der Waals surface area contributed by atoms with Gasteiger partial charge in [-0.15, -0.1) is 0 Å². The number of ether oxygens (including phenoxy) is 1. The van der Waals surface area contributed by atoms with Crippen molar-refractivity contribution in [3.05, 3.63) is 0 Å². The third-order valence-electron chi connectivity index (χ3n) is 3.65. The van der Waals surface area contributed by atoms with Gasteiger partial charge in [-0.25, -0.2) is 0 Å². The average molecular weight is 343 g/mol. The van der Waals surface area contributed by atoms with E-state index in [1.807, 2.05) is 13.8 Å². The molecule has 0 bridgehead atoms. The highest BCUT2D eigenvalue weighted by atomic mass is 28.4. The van der Waals surface area contributed by atoms with Gasteiger partial charge in [-0.05, 0) is 0 Å². The van der Waals surface area contributed by atoms with E-state index in [1.54, 1.807) is 42.7 Å². The van der Waals surface area contributed by atoms with Gasteiger partial charge in [0.05, 0.1) is 13.2 Å². The summed E-state index contributed by atoms with van der Waals surface area (Å²) in [4.78, 5) is 0. The molecule has 0 aliphatic carbocycles. The van der Waals surface area contributed by atoms with E-state index in [9.17, 15) is 0 Å². The smallest absolute Gasteiger partial charge is 0.381 e. The predicted octanol–water partition coefficient (Wildman–Crippen LogP) is 1.54. The van der Waals surface area contributed by atoms with Gasteiger partial charge in [0.25, 0.3) is 0 Å². The molecule has 0 aromatic rings. The van der Waals surface area contributed by atoms with Crippen LogP contribution in [0.15, 0.2) is 0 Å². The minimum atomic E-state index is -2.67. The van der Waals surface area contributed by atoms with E-state index < -0.39 is 17.6 Å². The lowest BCUT2D eigenvalue weighted by molar-refractivity contribution is 0.0593. The van der Waals surface area contributed by atoms with Gasteiger partial charge in [-0.2, -0.15) is 0 Å². The van der Waals surface area contributed by atoms with Gasteiger partial charge >= 0.3 is 17.6 Å². The van der Waals surface area contributed by atoms with Crippen LogP contribution >= 0.6 is 0 Å². The van der Waals surface area contributed by atoms with E-state index in [4.69, 9.17) is 31.3 Å². The van der Waals surface area contributed by atoms with Crippen LogP contribution in [0.4, 0.5) is 0 Å². The first-order valence-corrected chi connectivity index (χ1v) is 10.4. The van der Waals surface area contributed by atoms with Crippen molar-refractivity contribution in [2.24, 2.45) is 0 Å². The standard InChI is InChI=1S/C12H30O7Si2/c1-11(20(13-3,14-4)15-5)9-19-10-12(2)21(16-6,17-7)18-8/h11-12H,9-10H2,1-8H3. The van der Waals surface area contributed by atoms with Gasteiger partial charge < -0.3 is 31.3 Å². The van der Waals surface area contributed by atoms with Gasteiger partial charge in [0.2, 0.25) is 0 Å². The summed E-state index contributed by atoms with van der Waals surface area (Å²) in [7, 11) is 4.22. The van der Waals surface area contributed by atoms with Gasteiger partial charge in [-0.3, -0.25) is 0 Å². The van der Waals surface area contributed by atoms with E-state index in [2.05, 4.69) is 0 Å². The highest BCUT2D eigenvalue weighted by Gasteiger charge is 2.47. The lowest BCUT2D eigenvalue weighted by Crippen LogP contribution is -2.49. The van der Waals surface area contributed by atoms with E-state index >= 15 is 0 Å². The Hall–Kier alpha value is 0.154. The van der Waals surface area contributed by atoms with Crippen LogP contribution in [0.5, 0.6) is 0 Å². The van der Waals surface area contributed by atoms with Crippen LogP contribution in [-0.4, -0.2) is 73.5 Å². The summed E-state index contributed by atoms with van der Waals surface area (Å²) in [5, 5.41) is 0. The molecule has 0 aliphatic rings. The summed E-state index contributed by atoms with van der Waals surface area (Å²) >= 11 is 0. The Morgan fingerprint density at radius 2 is 0.810 bits per heavy atom. The molecule has 7 nitrogen and oxygen atoms in total. The first-order valence-electron chi connectivity index (χ1n) is 6.80. The average Bonchev–Trinajstić information content (AvgIpc) is 2.52. The van der Waals surface area contributed by atoms with E-state index in [-0.39, 0.29) is 11.1 Å². The molecule has 0 N–H and O–H groups in total. The maximum atomic E-state index is 5.77. The summed E-state index contributed by atoms with van der Waals surface area (Å²) in [6, 6.07) is 0. The zero-order valence-electron chi connectivity index (χ0n) is 14.4. The molecule has 0 aliphatic heterocycles. The Labute approximate surface area is 130 Å². The lowest BCUT2D eigenvalue weighted by Gasteiger charge is -2.32. The second-order valence-corrected chi connectivity index (χ2v) is 11.6. The summed E-state index contributed by atoms with van der Waals surface area (Å²) in [5.74, 6) is 0. The Kier molecular flexibility index (Phi) is 10.1. The summed E-state index contributed by atoms with van der Waals surface area (Å²) in [6.07, 6.45) is 0. The van der Waals surface area contributed by atoms with E-state index in [1.165, 1.54) is 0 Å². The molecule has 2 unspecified atom stereocenters. The molecule has 0 saturated carbocycles. The number of rotatable bonds is 12. The zero-order chi connectivity index (χ0) is 16.5. The summed E-state index contributed by atoms with van der Waals surface area (Å²) < 4.78 is 38.4. The first kappa shape index (κ1) is 21.2. The van der Waals surface area contributed by atoms with Crippen LogP contribution in [0.1, 0.15) is 13.8 Å². The molecule has 0 radical (unpaired) electrons. The molecule has 0 heterocycles. The fraction of sp³-hybridized carbons (Fsp3) is 1.00. The van der Waals surface area contributed by atoms with Gasteiger partial charge in [0, 0.05) is 53.7 Å². The van der Waals surface area contributed by atoms with Crippen LogP contribution < -0.4 is 0 Å². The summed E-state index contributed by atoms with van der Waals surface area (Å²) in [5.41, 5.74) is 0.0433. The van der Waals surface area contributed by atoms with Crippen molar-refractivity contribution in [2.75, 3.05) is 55.9 Å². The lowest BCUT2D eigenvalue weighted by atomic mass is 10.5. The summed E-state index contributed by atoms with van der Waals surface area (Å²) in [6.45, 7) is 4.91. The van der Waals surface area contributed by atoms with Crippen LogP contribution in [-0.2, 0) is 31.3 Å². The molecule has 0 amide bonds. The zero-order valence-corrected chi connectivity index (χ0v) is 16.4. The Morgan fingerprint density at radius 3 is 1.00 bits per heavy atom. The number of hydrogen-bond acceptors (Lipinski definition) is 7. The third-order valence-corrected chi connectivity index (χ3v) is 9.81. The van der Waals surface area contributed by atoms with Crippen molar-refractivity contribution >= 4 is 17.6 Å². The molecule has 0 fully saturated rings. The molecule has 2 atom stereocenters. The van der Waals surface area contributed by atoms with Crippen molar-refractivity contribution in [1.82, 2.24) is 0 Å². The fourth-order valence-corrected chi connectivity index (χ4v) is 6.39. The minimum absolute atomic E-state index is 0.0217. The van der Waals surface area contributed by atoms with Gasteiger partial charge in [0.15, 0.2) is 0 Å². The Balaban J connectivity index is 4.48. The van der Waals surface area contributed by atoms with Crippen LogP contribution in [0.3, 0.4) is 0 Å². The molecule has 0 aromatic carbocycles. The van der Waals surface area contributed by atoms with Gasteiger partial charge in [0.1, 0.15) is 0 Å². The molecular weight excluding hydrogens is 312 g/mol. The number of hydrogen-bond donors (Lipinski definition) is 0. The molecule has 0 aromatic heterocycles. The van der Waals surface area contributed by atoms with Crippen molar-refractivity contribution < 1.29 is 31.3 Å². The highest BCUT2D eigenvalue weighted by molar-refractivity contribution is 6.62. The van der Waals surface area contributed by atoms with Crippen LogP contribution in [0, 0.1) is 0 Å². The molecule has 9 heteroatoms. The van der Waals surface area contributed by atoms with Crippen LogP contribution in [0.25, 0.3) is 0 Å². The SMILES string of the molecule is CO[Si](OC)(OC)C(C)COCC(C)[Si](OC)(OC)OC. The topological polar surface area (TPSA) is 64.6 Å². The molecule has 0 saturated heterocycles. The monoisotopic (exact) mass is 342 g/mol. The van der Waals surface area contributed by atoms with E-state index in [0.29, 0.717) is 13.2 Å². The van der Waals surface area contributed by atoms with Crippen molar-refractivity contribution in [3.63, 3.8) is 0 Å². The largest absolute Gasteiger partial charge is 0.505 e. The first-order chi connectivity index (χ1) is 9.91. The molecule has 0 rings (SSSR count). The second-order valence-electron chi connectivity index (χ2n) is 4.77. The van der Waals surface area contributed by atoms with Crippen molar-refractivity contribution in [3.8, 4) is 0 Å². The maximum absolute atomic E-state index is 5.77. The Bertz CT molecular complexity index is 230. The van der Waals surface area contributed by atoms with Gasteiger partial charge in [-0.1, -0.05) is 13.8 Å². The minimum Gasteiger partial charge on any atom is -0.381 e. The highest BCUT2D eigenvalue weighted by Crippen LogP contribution is 2.27. The molecule has 21 heavy (non-hydrogen) atoms. The third kappa shape index (κ3) is 5.08. The van der Waals surface area contributed by atoms with Crippen LogP contribution in [0.2, 0.25) is 11.1 Å². The Morgan fingerprint density at radius 1 is 0.571 bits per heavy atom. The second kappa shape index (κ2) is 10.0. The van der Waals surface area contributed by atoms with E-state index in [0.717, 1.165) is 0 Å². The van der Waals surface area contributed by atoms with Crippen molar-refractivity contribution in [1.29, 1.82) is 0 Å². The molecular formula is C12H30O7Si2. The quantitative estimate of drug-likeness (QED) is 0.498.